The van der Waals surface area contributed by atoms with Crippen molar-refractivity contribution in [2.24, 2.45) is 0 Å². The zero-order valence-electron chi connectivity index (χ0n) is 9.48. The fraction of sp³-hybridized carbons (Fsp3) is 0.167. The normalized spacial score (nSPS) is 10.5. The van der Waals surface area contributed by atoms with Crippen molar-refractivity contribution in [3.63, 3.8) is 0 Å². The molecule has 0 saturated heterocycles. The predicted octanol–water partition coefficient (Wildman–Crippen LogP) is 1.84. The second-order valence-corrected chi connectivity index (χ2v) is 3.79. The van der Waals surface area contributed by atoms with Crippen LogP contribution in [0, 0.1) is 5.82 Å². The summed E-state index contributed by atoms with van der Waals surface area (Å²) in [5, 5.41) is 12.2. The number of aromatic nitrogens is 1. The summed E-state index contributed by atoms with van der Waals surface area (Å²) in [6, 6.07) is 4.37. The average Bonchev–Trinajstić information content (AvgIpc) is 2.33. The molecule has 0 saturated carbocycles. The smallest absolute Gasteiger partial charge is 0.305 e. The van der Waals surface area contributed by atoms with Crippen LogP contribution in [0.25, 0.3) is 10.8 Å². The van der Waals surface area contributed by atoms with Crippen LogP contribution in [0.4, 0.5) is 15.9 Å². The molecule has 4 N–H and O–H groups in total. The van der Waals surface area contributed by atoms with E-state index in [1.165, 1.54) is 18.3 Å². The Morgan fingerprint density at radius 2 is 2.22 bits per heavy atom. The lowest BCUT2D eigenvalue weighted by Gasteiger charge is -2.09. The summed E-state index contributed by atoms with van der Waals surface area (Å²) in [7, 11) is 0. The number of carboxylic acid groups (broad SMARTS) is 1. The third kappa shape index (κ3) is 2.32. The van der Waals surface area contributed by atoms with Crippen LogP contribution >= 0.6 is 0 Å². The number of hydrogen-bond donors (Lipinski definition) is 3. The molecule has 6 heteroatoms. The van der Waals surface area contributed by atoms with Crippen molar-refractivity contribution >= 4 is 28.2 Å². The minimum absolute atomic E-state index is 0.0675. The molecule has 0 aliphatic heterocycles. The highest BCUT2D eigenvalue weighted by atomic mass is 19.1. The second-order valence-electron chi connectivity index (χ2n) is 3.79. The van der Waals surface area contributed by atoms with Crippen LogP contribution in [-0.2, 0) is 4.79 Å². The summed E-state index contributed by atoms with van der Waals surface area (Å²) in [6.07, 6.45) is 1.43. The molecule has 1 aromatic carbocycles. The molecule has 0 spiro atoms. The summed E-state index contributed by atoms with van der Waals surface area (Å²) in [6.45, 7) is 0.176. The third-order valence-corrected chi connectivity index (χ3v) is 2.54. The Kier molecular flexibility index (Phi) is 3.27. The third-order valence-electron chi connectivity index (χ3n) is 2.54. The highest BCUT2D eigenvalue weighted by Gasteiger charge is 2.10. The topological polar surface area (TPSA) is 88.2 Å². The largest absolute Gasteiger partial charge is 0.481 e. The lowest BCUT2D eigenvalue weighted by molar-refractivity contribution is -0.136. The van der Waals surface area contributed by atoms with Crippen molar-refractivity contribution < 1.29 is 14.3 Å². The van der Waals surface area contributed by atoms with Gasteiger partial charge in [0.25, 0.3) is 0 Å². The first-order valence-corrected chi connectivity index (χ1v) is 5.38. The number of aliphatic carboxylic acids is 1. The van der Waals surface area contributed by atoms with Crippen molar-refractivity contribution in [2.45, 2.75) is 6.42 Å². The standard InChI is InChI=1S/C12H12FN3O2/c13-8-1-2-9(14)7-3-5-15-12(11(7)8)16-6-4-10(17)18/h1-3,5H,4,6,14H2,(H,15,16)(H,17,18). The number of carbonyl (C=O) groups is 1. The Morgan fingerprint density at radius 1 is 1.44 bits per heavy atom. The van der Waals surface area contributed by atoms with Gasteiger partial charge in [-0.15, -0.1) is 0 Å². The Balaban J connectivity index is 2.38. The number of halogens is 1. The van der Waals surface area contributed by atoms with Gasteiger partial charge in [0, 0.05) is 23.8 Å². The van der Waals surface area contributed by atoms with Crippen LogP contribution in [0.15, 0.2) is 24.4 Å². The monoisotopic (exact) mass is 249 g/mol. The van der Waals surface area contributed by atoms with E-state index in [1.54, 1.807) is 6.07 Å². The SMILES string of the molecule is Nc1ccc(F)c2c(NCCC(=O)O)nccc12. The van der Waals surface area contributed by atoms with Crippen LogP contribution in [0.5, 0.6) is 0 Å². The number of benzene rings is 1. The number of rotatable bonds is 4. The van der Waals surface area contributed by atoms with Crippen molar-refractivity contribution in [3.05, 3.63) is 30.2 Å². The first-order chi connectivity index (χ1) is 8.59. The van der Waals surface area contributed by atoms with E-state index < -0.39 is 11.8 Å². The second kappa shape index (κ2) is 4.87. The van der Waals surface area contributed by atoms with Gasteiger partial charge in [0.2, 0.25) is 0 Å². The number of fused-ring (bicyclic) bond motifs is 1. The number of hydrogen-bond acceptors (Lipinski definition) is 4. The lowest BCUT2D eigenvalue weighted by Crippen LogP contribution is -2.09. The van der Waals surface area contributed by atoms with E-state index in [1.807, 2.05) is 0 Å². The number of pyridine rings is 1. The molecular weight excluding hydrogens is 237 g/mol. The van der Waals surface area contributed by atoms with Crippen LogP contribution in [0.2, 0.25) is 0 Å². The van der Waals surface area contributed by atoms with E-state index in [-0.39, 0.29) is 18.4 Å². The fourth-order valence-electron chi connectivity index (χ4n) is 1.70. The molecule has 0 bridgehead atoms. The van der Waals surface area contributed by atoms with Crippen molar-refractivity contribution in [1.29, 1.82) is 0 Å². The van der Waals surface area contributed by atoms with E-state index in [9.17, 15) is 9.18 Å². The first-order valence-electron chi connectivity index (χ1n) is 5.38. The van der Waals surface area contributed by atoms with Gasteiger partial charge in [-0.1, -0.05) is 0 Å². The number of nitrogens with zero attached hydrogens (tertiary/aromatic N) is 1. The summed E-state index contributed by atoms with van der Waals surface area (Å²) >= 11 is 0. The van der Waals surface area contributed by atoms with Gasteiger partial charge < -0.3 is 16.2 Å². The van der Waals surface area contributed by atoms with Crippen molar-refractivity contribution in [1.82, 2.24) is 4.98 Å². The number of carboxylic acids is 1. The lowest BCUT2D eigenvalue weighted by atomic mass is 10.1. The van der Waals surface area contributed by atoms with E-state index in [4.69, 9.17) is 10.8 Å². The summed E-state index contributed by atoms with van der Waals surface area (Å²) < 4.78 is 13.8. The Bertz CT molecular complexity index is 601. The molecule has 1 aromatic heterocycles. The Morgan fingerprint density at radius 3 is 2.94 bits per heavy atom. The number of anilines is 2. The number of nitrogens with one attached hydrogen (secondary N) is 1. The molecule has 0 unspecified atom stereocenters. The molecule has 2 aromatic rings. The van der Waals surface area contributed by atoms with Crippen LogP contribution in [0.1, 0.15) is 6.42 Å². The molecular formula is C12H12FN3O2. The molecule has 0 aliphatic carbocycles. The van der Waals surface area contributed by atoms with Crippen LogP contribution in [-0.4, -0.2) is 22.6 Å². The van der Waals surface area contributed by atoms with Crippen LogP contribution < -0.4 is 11.1 Å². The fourth-order valence-corrected chi connectivity index (χ4v) is 1.70. The maximum absolute atomic E-state index is 13.8. The van der Waals surface area contributed by atoms with Gasteiger partial charge in [-0.25, -0.2) is 9.37 Å². The number of nitrogen functional groups attached to an aromatic ring is 1. The van der Waals surface area contributed by atoms with E-state index in [0.717, 1.165) is 0 Å². The zero-order valence-corrected chi connectivity index (χ0v) is 9.48. The first kappa shape index (κ1) is 12.1. The summed E-state index contributed by atoms with van der Waals surface area (Å²) in [4.78, 5) is 14.4. The highest BCUT2D eigenvalue weighted by Crippen LogP contribution is 2.28. The van der Waals surface area contributed by atoms with E-state index >= 15 is 0 Å². The molecule has 2 rings (SSSR count). The molecule has 94 valence electrons. The van der Waals surface area contributed by atoms with Gasteiger partial charge >= 0.3 is 5.97 Å². The minimum atomic E-state index is -0.928. The summed E-state index contributed by atoms with van der Waals surface area (Å²) in [5.41, 5.74) is 6.21. The van der Waals surface area contributed by atoms with Gasteiger partial charge in [-0.05, 0) is 18.2 Å². The van der Waals surface area contributed by atoms with Gasteiger partial charge in [0.1, 0.15) is 11.6 Å². The molecule has 0 aliphatic rings. The Hall–Kier alpha value is -2.37. The van der Waals surface area contributed by atoms with Gasteiger partial charge in [0.05, 0.1) is 11.8 Å². The molecule has 1 heterocycles. The molecule has 18 heavy (non-hydrogen) atoms. The summed E-state index contributed by atoms with van der Waals surface area (Å²) in [5.74, 6) is -1.06. The Labute approximate surface area is 102 Å². The predicted molar refractivity (Wildman–Crippen MR) is 66.9 cm³/mol. The quantitative estimate of drug-likeness (QED) is 0.719. The number of nitrogens with two attached hydrogens (primary N) is 1. The highest BCUT2D eigenvalue weighted by molar-refractivity contribution is 5.99. The van der Waals surface area contributed by atoms with E-state index in [0.29, 0.717) is 16.9 Å². The van der Waals surface area contributed by atoms with Gasteiger partial charge in [0.15, 0.2) is 0 Å². The average molecular weight is 249 g/mol. The molecule has 0 atom stereocenters. The van der Waals surface area contributed by atoms with E-state index in [2.05, 4.69) is 10.3 Å². The molecule has 0 radical (unpaired) electrons. The zero-order chi connectivity index (χ0) is 13.1. The van der Waals surface area contributed by atoms with Gasteiger partial charge in [-0.3, -0.25) is 4.79 Å². The maximum Gasteiger partial charge on any atom is 0.305 e. The molecule has 5 nitrogen and oxygen atoms in total. The maximum atomic E-state index is 13.8. The molecule has 0 amide bonds. The van der Waals surface area contributed by atoms with Crippen molar-refractivity contribution in [3.8, 4) is 0 Å². The minimum Gasteiger partial charge on any atom is -0.481 e. The van der Waals surface area contributed by atoms with Crippen LogP contribution in [0.3, 0.4) is 0 Å². The van der Waals surface area contributed by atoms with Gasteiger partial charge in [-0.2, -0.15) is 0 Å². The molecule has 0 fully saturated rings. The van der Waals surface area contributed by atoms with Crippen molar-refractivity contribution in [2.75, 3.05) is 17.6 Å².